The topological polar surface area (TPSA) is 26.0 Å². The van der Waals surface area contributed by atoms with Crippen LogP contribution < -0.4 is 5.73 Å². The summed E-state index contributed by atoms with van der Waals surface area (Å²) in [7, 11) is 0. The van der Waals surface area contributed by atoms with Gasteiger partial charge in [-0.3, -0.25) is 0 Å². The van der Waals surface area contributed by atoms with Gasteiger partial charge >= 0.3 is 12.1 Å². The van der Waals surface area contributed by atoms with E-state index in [1.807, 2.05) is 0 Å². The van der Waals surface area contributed by atoms with Crippen molar-refractivity contribution in [1.29, 1.82) is 0 Å². The molecule has 0 rings (SSSR count). The highest BCUT2D eigenvalue weighted by Crippen LogP contribution is 2.39. The number of alkyl halides is 5. The van der Waals surface area contributed by atoms with Gasteiger partial charge in [0, 0.05) is 12.1 Å². The zero-order chi connectivity index (χ0) is 9.28. The maximum Gasteiger partial charge on any atom is 0.457 e. The maximum atomic E-state index is 12.0. The highest BCUT2D eigenvalue weighted by molar-refractivity contribution is 5.12. The zero-order valence-corrected chi connectivity index (χ0v) is 5.38. The Hall–Kier alpha value is -0.650. The van der Waals surface area contributed by atoms with E-state index < -0.39 is 24.2 Å². The first kappa shape index (κ1) is 10.3. The van der Waals surface area contributed by atoms with Crippen molar-refractivity contribution in [3.63, 3.8) is 0 Å². The molecule has 0 aromatic rings. The smallest absolute Gasteiger partial charge is 0.327 e. The number of hydrogen-bond acceptors (Lipinski definition) is 1. The molecule has 0 atom stereocenters. The molecular formula is C5H6F5N. The van der Waals surface area contributed by atoms with Crippen LogP contribution in [0.1, 0.15) is 0 Å². The van der Waals surface area contributed by atoms with E-state index in [0.29, 0.717) is 0 Å². The summed E-state index contributed by atoms with van der Waals surface area (Å²) >= 11 is 0. The monoisotopic (exact) mass is 175 g/mol. The zero-order valence-electron chi connectivity index (χ0n) is 5.38. The first-order valence-electron chi connectivity index (χ1n) is 2.56. The van der Waals surface area contributed by atoms with Crippen LogP contribution in [0.4, 0.5) is 22.0 Å². The van der Waals surface area contributed by atoms with Gasteiger partial charge in [-0.05, 0) is 0 Å². The molecule has 66 valence electrons. The van der Waals surface area contributed by atoms with Gasteiger partial charge in [0.05, 0.1) is 0 Å². The molecule has 0 unspecified atom stereocenters. The first-order valence-corrected chi connectivity index (χ1v) is 2.56. The van der Waals surface area contributed by atoms with Gasteiger partial charge in [0.2, 0.25) is 0 Å². The molecule has 0 aromatic carbocycles. The van der Waals surface area contributed by atoms with Gasteiger partial charge in [0.1, 0.15) is 0 Å². The van der Waals surface area contributed by atoms with E-state index in [1.54, 1.807) is 0 Å². The lowest BCUT2D eigenvalue weighted by molar-refractivity contribution is -0.264. The summed E-state index contributed by atoms with van der Waals surface area (Å²) in [5, 5.41) is 0. The lowest BCUT2D eigenvalue weighted by Gasteiger charge is -2.20. The summed E-state index contributed by atoms with van der Waals surface area (Å²) in [4.78, 5) is 0. The summed E-state index contributed by atoms with van der Waals surface area (Å²) in [6.45, 7) is 1.63. The van der Waals surface area contributed by atoms with E-state index in [-0.39, 0.29) is 0 Å². The third-order valence-corrected chi connectivity index (χ3v) is 1.05. The normalized spacial score (nSPS) is 13.3. The van der Waals surface area contributed by atoms with Gasteiger partial charge in [-0.1, -0.05) is 6.58 Å². The molecule has 0 saturated heterocycles. The van der Waals surface area contributed by atoms with Gasteiger partial charge in [0.25, 0.3) is 0 Å². The fourth-order valence-electron chi connectivity index (χ4n) is 0.329. The largest absolute Gasteiger partial charge is 0.457 e. The van der Waals surface area contributed by atoms with Gasteiger partial charge in [-0.15, -0.1) is 0 Å². The average molecular weight is 175 g/mol. The van der Waals surface area contributed by atoms with Crippen LogP contribution >= 0.6 is 0 Å². The molecule has 0 amide bonds. The van der Waals surface area contributed by atoms with Crippen LogP contribution in [0.25, 0.3) is 0 Å². The molecule has 0 saturated carbocycles. The van der Waals surface area contributed by atoms with Crippen LogP contribution in [0.15, 0.2) is 12.2 Å². The molecule has 0 fully saturated rings. The fourth-order valence-corrected chi connectivity index (χ4v) is 0.329. The molecule has 0 spiro atoms. The average Bonchev–Trinajstić information content (AvgIpc) is 1.83. The number of rotatable bonds is 2. The Labute approximate surface area is 59.7 Å². The molecule has 0 aliphatic carbocycles. The Morgan fingerprint density at radius 3 is 1.64 bits per heavy atom. The highest BCUT2D eigenvalue weighted by atomic mass is 19.4. The Kier molecular flexibility index (Phi) is 2.60. The van der Waals surface area contributed by atoms with Gasteiger partial charge in [0.15, 0.2) is 0 Å². The van der Waals surface area contributed by atoms with E-state index in [0.717, 1.165) is 0 Å². The van der Waals surface area contributed by atoms with E-state index in [9.17, 15) is 22.0 Å². The van der Waals surface area contributed by atoms with E-state index >= 15 is 0 Å². The molecule has 1 nitrogen and oxygen atoms in total. The summed E-state index contributed by atoms with van der Waals surface area (Å²) < 4.78 is 58.3. The fraction of sp³-hybridized carbons (Fsp3) is 0.600. The van der Waals surface area contributed by atoms with Crippen molar-refractivity contribution >= 4 is 0 Å². The molecule has 0 heterocycles. The van der Waals surface area contributed by atoms with Crippen molar-refractivity contribution in [2.75, 3.05) is 6.54 Å². The van der Waals surface area contributed by atoms with Gasteiger partial charge in [-0.2, -0.15) is 22.0 Å². The second-order valence-corrected chi connectivity index (χ2v) is 1.88. The van der Waals surface area contributed by atoms with Gasteiger partial charge in [-0.25, -0.2) is 0 Å². The summed E-state index contributed by atoms with van der Waals surface area (Å²) in [5.41, 5.74) is 3.25. The third kappa shape index (κ3) is 1.89. The van der Waals surface area contributed by atoms with Crippen molar-refractivity contribution in [2.24, 2.45) is 5.73 Å². The minimum atomic E-state index is -5.59. The van der Waals surface area contributed by atoms with Crippen LogP contribution in [-0.2, 0) is 0 Å². The maximum absolute atomic E-state index is 12.0. The molecule has 0 bridgehead atoms. The third-order valence-electron chi connectivity index (χ3n) is 1.05. The Morgan fingerprint density at radius 2 is 1.55 bits per heavy atom. The summed E-state index contributed by atoms with van der Waals surface area (Å²) in [6.07, 6.45) is -5.59. The first-order chi connectivity index (χ1) is 4.73. The molecule has 11 heavy (non-hydrogen) atoms. The number of halogens is 5. The van der Waals surface area contributed by atoms with E-state index in [2.05, 4.69) is 12.3 Å². The van der Waals surface area contributed by atoms with Gasteiger partial charge < -0.3 is 5.73 Å². The van der Waals surface area contributed by atoms with Crippen LogP contribution in [0.2, 0.25) is 0 Å². The molecule has 0 aliphatic heterocycles. The van der Waals surface area contributed by atoms with Crippen molar-refractivity contribution in [1.82, 2.24) is 0 Å². The predicted molar refractivity (Wildman–Crippen MR) is 29.2 cm³/mol. The standard InChI is InChI=1S/C5H6F5N/c1-3(2-11)4(6,7)5(8,9)10/h1-2,11H2. The summed E-state index contributed by atoms with van der Waals surface area (Å²) in [5.74, 6) is -4.87. The highest BCUT2D eigenvalue weighted by Gasteiger charge is 2.58. The lowest BCUT2D eigenvalue weighted by Crippen LogP contribution is -2.40. The van der Waals surface area contributed by atoms with Crippen molar-refractivity contribution in [2.45, 2.75) is 12.1 Å². The molecule has 2 N–H and O–H groups in total. The van der Waals surface area contributed by atoms with Crippen LogP contribution in [0.5, 0.6) is 0 Å². The van der Waals surface area contributed by atoms with E-state index in [1.165, 1.54) is 0 Å². The molecule has 6 heteroatoms. The minimum absolute atomic E-state index is 0.882. The van der Waals surface area contributed by atoms with Crippen molar-refractivity contribution in [3.05, 3.63) is 12.2 Å². The quantitative estimate of drug-likeness (QED) is 0.501. The van der Waals surface area contributed by atoms with Crippen molar-refractivity contribution in [3.8, 4) is 0 Å². The predicted octanol–water partition coefficient (Wildman–Crippen LogP) is 1.70. The minimum Gasteiger partial charge on any atom is -0.327 e. The van der Waals surface area contributed by atoms with Crippen molar-refractivity contribution < 1.29 is 22.0 Å². The lowest BCUT2D eigenvalue weighted by atomic mass is 10.1. The SMILES string of the molecule is C=C(CN)C(F)(F)C(F)(F)F. The number of nitrogens with two attached hydrogens (primary N) is 1. The Balaban J connectivity index is 4.59. The summed E-state index contributed by atoms with van der Waals surface area (Å²) in [6, 6.07) is 0. The van der Waals surface area contributed by atoms with Crippen LogP contribution in [-0.4, -0.2) is 18.6 Å². The molecular weight excluding hydrogens is 169 g/mol. The number of hydrogen-bond donors (Lipinski definition) is 1. The van der Waals surface area contributed by atoms with Crippen LogP contribution in [0.3, 0.4) is 0 Å². The molecule has 0 radical (unpaired) electrons. The second kappa shape index (κ2) is 2.77. The second-order valence-electron chi connectivity index (χ2n) is 1.88. The Bertz CT molecular complexity index is 159. The van der Waals surface area contributed by atoms with Crippen LogP contribution in [0, 0.1) is 0 Å². The molecule has 0 aromatic heterocycles. The molecule has 0 aliphatic rings. The van der Waals surface area contributed by atoms with E-state index in [4.69, 9.17) is 0 Å². The Morgan fingerprint density at radius 1 is 1.18 bits per heavy atom.